The fourth-order valence-corrected chi connectivity index (χ4v) is 5.02. The summed E-state index contributed by atoms with van der Waals surface area (Å²) >= 11 is 2.24. The lowest BCUT2D eigenvalue weighted by Gasteiger charge is -2.14. The number of hydrogen-bond donors (Lipinski definition) is 2. The molecule has 0 amide bonds. The Bertz CT molecular complexity index is 691. The molecule has 2 heterocycles. The number of thiazole rings is 1. The van der Waals surface area contributed by atoms with Crippen LogP contribution in [0.1, 0.15) is 34.1 Å². The van der Waals surface area contributed by atoms with Crippen LogP contribution in [0, 0.1) is 0 Å². The second kappa shape index (κ2) is 6.00. The lowest BCUT2D eigenvalue weighted by atomic mass is 10.3. The van der Waals surface area contributed by atoms with Gasteiger partial charge >= 0.3 is 5.97 Å². The summed E-state index contributed by atoms with van der Waals surface area (Å²) in [5.41, 5.74) is 0. The number of carbonyl (C=O) groups is 1. The lowest BCUT2D eigenvalue weighted by Crippen LogP contribution is -2.29. The molecule has 20 heavy (non-hydrogen) atoms. The molecule has 0 saturated heterocycles. The van der Waals surface area contributed by atoms with Crippen molar-refractivity contribution >= 4 is 38.7 Å². The third kappa shape index (κ3) is 3.06. The Kier molecular flexibility index (Phi) is 4.53. The van der Waals surface area contributed by atoms with Crippen LogP contribution < -0.4 is 4.72 Å². The number of rotatable bonds is 6. The average Bonchev–Trinajstić information content (AvgIpc) is 3.06. The topological polar surface area (TPSA) is 96.4 Å². The van der Waals surface area contributed by atoms with Gasteiger partial charge in [0.25, 0.3) is 0 Å². The molecule has 2 rings (SSSR count). The number of thiophene rings is 1. The fraction of sp³-hybridized carbons (Fsp3) is 0.273. The quantitative estimate of drug-likeness (QED) is 0.846. The van der Waals surface area contributed by atoms with Crippen molar-refractivity contribution in [2.75, 3.05) is 0 Å². The highest BCUT2D eigenvalue weighted by Crippen LogP contribution is 2.26. The average molecular weight is 332 g/mol. The van der Waals surface area contributed by atoms with E-state index in [1.807, 2.05) is 6.92 Å². The zero-order valence-electron chi connectivity index (χ0n) is 10.4. The van der Waals surface area contributed by atoms with E-state index in [4.69, 9.17) is 5.11 Å². The zero-order chi connectivity index (χ0) is 14.8. The molecule has 1 unspecified atom stereocenters. The third-order valence-electron chi connectivity index (χ3n) is 2.57. The molecule has 0 aliphatic rings. The van der Waals surface area contributed by atoms with Crippen molar-refractivity contribution in [3.05, 3.63) is 32.9 Å². The highest BCUT2D eigenvalue weighted by atomic mass is 32.2. The van der Waals surface area contributed by atoms with E-state index in [1.54, 1.807) is 11.6 Å². The van der Waals surface area contributed by atoms with E-state index < -0.39 is 22.0 Å². The van der Waals surface area contributed by atoms with E-state index in [2.05, 4.69) is 9.71 Å². The van der Waals surface area contributed by atoms with Gasteiger partial charge in [-0.05, 0) is 17.9 Å². The molecule has 0 aromatic carbocycles. The lowest BCUT2D eigenvalue weighted by molar-refractivity contribution is 0.0698. The molecule has 0 saturated carbocycles. The second-order valence-corrected chi connectivity index (χ2v) is 7.40. The van der Waals surface area contributed by atoms with Crippen LogP contribution in [0.5, 0.6) is 0 Å². The van der Waals surface area contributed by atoms with E-state index in [1.165, 1.54) is 22.8 Å². The van der Waals surface area contributed by atoms with Gasteiger partial charge in [-0.15, -0.1) is 22.7 Å². The number of nitrogens with zero attached hydrogens (tertiary/aromatic N) is 1. The van der Waals surface area contributed by atoms with Crippen LogP contribution >= 0.6 is 22.7 Å². The van der Waals surface area contributed by atoms with Gasteiger partial charge in [0, 0.05) is 11.6 Å². The van der Waals surface area contributed by atoms with Crippen LogP contribution in [-0.2, 0) is 10.0 Å². The summed E-state index contributed by atoms with van der Waals surface area (Å²) in [5.74, 6) is -1.25. The van der Waals surface area contributed by atoms with E-state index in [0.29, 0.717) is 11.4 Å². The molecule has 2 aromatic heterocycles. The predicted molar refractivity (Wildman–Crippen MR) is 76.7 cm³/mol. The van der Waals surface area contributed by atoms with Gasteiger partial charge in [0.05, 0.1) is 6.04 Å². The summed E-state index contributed by atoms with van der Waals surface area (Å²) in [6.45, 7) is 1.83. The Balaban J connectivity index is 2.31. The number of carboxylic acid groups (broad SMARTS) is 1. The molecule has 0 spiro atoms. The van der Waals surface area contributed by atoms with Crippen LogP contribution in [0.4, 0.5) is 0 Å². The number of nitrogens with one attached hydrogen (secondary N) is 1. The van der Waals surface area contributed by atoms with Crippen molar-refractivity contribution in [3.63, 3.8) is 0 Å². The van der Waals surface area contributed by atoms with Gasteiger partial charge in [-0.1, -0.05) is 6.92 Å². The first-order valence-corrected chi connectivity index (χ1v) is 8.92. The number of aromatic carboxylic acids is 1. The summed E-state index contributed by atoms with van der Waals surface area (Å²) in [7, 11) is -3.88. The van der Waals surface area contributed by atoms with Gasteiger partial charge in [-0.25, -0.2) is 22.9 Å². The van der Waals surface area contributed by atoms with Crippen LogP contribution in [0.25, 0.3) is 0 Å². The fourth-order valence-electron chi connectivity index (χ4n) is 1.63. The van der Waals surface area contributed by atoms with Crippen molar-refractivity contribution in [1.82, 2.24) is 9.71 Å². The molecule has 0 radical (unpaired) electrons. The summed E-state index contributed by atoms with van der Waals surface area (Å²) in [5, 5.41) is 12.9. The Morgan fingerprint density at radius 3 is 2.75 bits per heavy atom. The van der Waals surface area contributed by atoms with Gasteiger partial charge in [0.1, 0.15) is 14.8 Å². The zero-order valence-corrected chi connectivity index (χ0v) is 12.9. The van der Waals surface area contributed by atoms with Gasteiger partial charge in [0.2, 0.25) is 10.0 Å². The van der Waals surface area contributed by atoms with E-state index in [-0.39, 0.29) is 9.77 Å². The third-order valence-corrected chi connectivity index (χ3v) is 6.00. The van der Waals surface area contributed by atoms with Crippen molar-refractivity contribution in [2.45, 2.75) is 24.3 Å². The maximum absolute atomic E-state index is 12.3. The number of carboxylic acids is 1. The van der Waals surface area contributed by atoms with Crippen LogP contribution in [0.3, 0.4) is 0 Å². The van der Waals surface area contributed by atoms with E-state index in [9.17, 15) is 13.2 Å². The number of aromatic nitrogens is 1. The molecule has 2 N–H and O–H groups in total. The van der Waals surface area contributed by atoms with Crippen LogP contribution in [-0.4, -0.2) is 24.5 Å². The van der Waals surface area contributed by atoms with Crippen molar-refractivity contribution in [2.24, 2.45) is 0 Å². The molecule has 0 aliphatic carbocycles. The molecule has 2 aromatic rings. The minimum absolute atomic E-state index is 0.188. The first-order chi connectivity index (χ1) is 9.45. The Hall–Kier alpha value is -1.29. The number of sulfonamides is 1. The first-order valence-electron chi connectivity index (χ1n) is 5.68. The highest BCUT2D eigenvalue weighted by Gasteiger charge is 2.27. The summed E-state index contributed by atoms with van der Waals surface area (Å²) in [6, 6.07) is 0.840. The first kappa shape index (κ1) is 15.1. The standard InChI is InChI=1S/C11H12N2O4S3/c1-2-7(10-12-4-6-19-10)13-20(16,17)8-3-5-18-9(8)11(14)15/h3-7,13H,2H2,1H3,(H,14,15). The maximum atomic E-state index is 12.3. The van der Waals surface area contributed by atoms with Gasteiger partial charge in [0.15, 0.2) is 0 Å². The molecule has 0 fully saturated rings. The summed E-state index contributed by atoms with van der Waals surface area (Å²) in [4.78, 5) is 14.7. The molecule has 108 valence electrons. The SMILES string of the molecule is CCC(NS(=O)(=O)c1ccsc1C(=O)O)c1nccs1. The van der Waals surface area contributed by atoms with Crippen molar-refractivity contribution < 1.29 is 18.3 Å². The molecular weight excluding hydrogens is 320 g/mol. The molecule has 6 nitrogen and oxygen atoms in total. The van der Waals surface area contributed by atoms with Gasteiger partial charge in [-0.3, -0.25) is 0 Å². The van der Waals surface area contributed by atoms with E-state index in [0.717, 1.165) is 11.3 Å². The van der Waals surface area contributed by atoms with Crippen LogP contribution in [0.2, 0.25) is 0 Å². The highest BCUT2D eigenvalue weighted by molar-refractivity contribution is 7.89. The molecule has 0 aliphatic heterocycles. The minimum Gasteiger partial charge on any atom is -0.477 e. The monoisotopic (exact) mass is 332 g/mol. The Labute approximate surface area is 124 Å². The Morgan fingerprint density at radius 2 is 2.20 bits per heavy atom. The Morgan fingerprint density at radius 1 is 1.45 bits per heavy atom. The van der Waals surface area contributed by atoms with Crippen molar-refractivity contribution in [1.29, 1.82) is 0 Å². The molecule has 0 bridgehead atoms. The van der Waals surface area contributed by atoms with E-state index >= 15 is 0 Å². The largest absolute Gasteiger partial charge is 0.477 e. The maximum Gasteiger partial charge on any atom is 0.347 e. The summed E-state index contributed by atoms with van der Waals surface area (Å²) in [6.07, 6.45) is 2.13. The number of hydrogen-bond acceptors (Lipinski definition) is 6. The normalized spacial score (nSPS) is 13.2. The van der Waals surface area contributed by atoms with Gasteiger partial charge < -0.3 is 5.11 Å². The second-order valence-electron chi connectivity index (χ2n) is 3.87. The van der Waals surface area contributed by atoms with Crippen molar-refractivity contribution in [3.8, 4) is 0 Å². The van der Waals surface area contributed by atoms with Crippen LogP contribution in [0.15, 0.2) is 27.9 Å². The van der Waals surface area contributed by atoms with Gasteiger partial charge in [-0.2, -0.15) is 0 Å². The molecular formula is C11H12N2O4S3. The minimum atomic E-state index is -3.88. The summed E-state index contributed by atoms with van der Waals surface area (Å²) < 4.78 is 27.1. The predicted octanol–water partition coefficient (Wildman–Crippen LogP) is 2.33. The molecule has 1 atom stereocenters. The molecule has 9 heteroatoms. The smallest absolute Gasteiger partial charge is 0.347 e.